The van der Waals surface area contributed by atoms with E-state index in [0.717, 1.165) is 39.2 Å². The number of fused-ring (bicyclic) bond motifs is 1. The molecule has 0 N–H and O–H groups in total. The normalized spacial score (nSPS) is 10.8. The molecule has 0 amide bonds. The number of benzene rings is 2. The van der Waals surface area contributed by atoms with E-state index in [9.17, 15) is 0 Å². The number of rotatable bonds is 4. The van der Waals surface area contributed by atoms with Gasteiger partial charge in [-0.1, -0.05) is 24.3 Å². The fourth-order valence-corrected chi connectivity index (χ4v) is 3.02. The van der Waals surface area contributed by atoms with Gasteiger partial charge in [-0.25, -0.2) is 15.0 Å². The van der Waals surface area contributed by atoms with Crippen molar-refractivity contribution in [1.82, 2.24) is 15.0 Å². The monoisotopic (exact) mass is 357 g/mol. The van der Waals surface area contributed by atoms with E-state index in [1.807, 2.05) is 67.7 Å². The molecule has 2 heterocycles. The Hall–Kier alpha value is -3.47. The number of hydrogen-bond acceptors (Lipinski definition) is 5. The van der Waals surface area contributed by atoms with Gasteiger partial charge in [-0.2, -0.15) is 0 Å². The Bertz CT molecular complexity index is 1130. The minimum Gasteiger partial charge on any atom is -0.497 e. The number of aromatic nitrogens is 3. The molecule has 5 heteroatoms. The standard InChI is InChI=1S/C22H19N3O2/c1-14-8-10-19(22-23-13-15-6-4-5-7-18(15)25-22)24-21(14)17-12-16(26-2)9-11-20(17)27-3/h4-13H,1-3H3. The molecule has 0 saturated carbocycles. The molecule has 2 aromatic heterocycles. The van der Waals surface area contributed by atoms with Crippen LogP contribution in [-0.4, -0.2) is 29.2 Å². The maximum atomic E-state index is 5.53. The smallest absolute Gasteiger partial charge is 0.178 e. The van der Waals surface area contributed by atoms with Crippen molar-refractivity contribution >= 4 is 10.9 Å². The van der Waals surface area contributed by atoms with Crippen LogP contribution in [0.5, 0.6) is 11.5 Å². The lowest BCUT2D eigenvalue weighted by Crippen LogP contribution is -1.98. The lowest BCUT2D eigenvalue weighted by molar-refractivity contribution is 0.404. The summed E-state index contributed by atoms with van der Waals surface area (Å²) in [7, 11) is 3.29. The second kappa shape index (κ2) is 7.03. The Balaban J connectivity index is 1.86. The summed E-state index contributed by atoms with van der Waals surface area (Å²) >= 11 is 0. The zero-order chi connectivity index (χ0) is 18.8. The zero-order valence-corrected chi connectivity index (χ0v) is 15.4. The van der Waals surface area contributed by atoms with Gasteiger partial charge in [-0.05, 0) is 42.8 Å². The maximum Gasteiger partial charge on any atom is 0.178 e. The largest absolute Gasteiger partial charge is 0.497 e. The van der Waals surface area contributed by atoms with Crippen LogP contribution in [0.15, 0.2) is 60.8 Å². The maximum absolute atomic E-state index is 5.53. The van der Waals surface area contributed by atoms with Crippen LogP contribution in [0.1, 0.15) is 5.56 Å². The molecule has 0 aliphatic carbocycles. The highest BCUT2D eigenvalue weighted by Gasteiger charge is 2.14. The Morgan fingerprint density at radius 2 is 1.70 bits per heavy atom. The Morgan fingerprint density at radius 1 is 0.852 bits per heavy atom. The Labute approximate surface area is 157 Å². The van der Waals surface area contributed by atoms with E-state index in [0.29, 0.717) is 11.5 Å². The van der Waals surface area contributed by atoms with E-state index in [1.54, 1.807) is 14.2 Å². The van der Waals surface area contributed by atoms with Crippen molar-refractivity contribution in [3.8, 4) is 34.3 Å². The third kappa shape index (κ3) is 3.19. The highest BCUT2D eigenvalue weighted by Crippen LogP contribution is 2.35. The summed E-state index contributed by atoms with van der Waals surface area (Å²) in [6, 6.07) is 17.6. The molecule has 5 nitrogen and oxygen atoms in total. The van der Waals surface area contributed by atoms with Gasteiger partial charge in [0.15, 0.2) is 5.82 Å². The topological polar surface area (TPSA) is 57.1 Å². The first-order valence-corrected chi connectivity index (χ1v) is 8.62. The summed E-state index contributed by atoms with van der Waals surface area (Å²) in [6.07, 6.45) is 1.82. The lowest BCUT2D eigenvalue weighted by atomic mass is 10.0. The highest BCUT2D eigenvalue weighted by molar-refractivity contribution is 5.79. The molecule has 0 unspecified atom stereocenters. The predicted molar refractivity (Wildman–Crippen MR) is 106 cm³/mol. The van der Waals surface area contributed by atoms with Crippen LogP contribution < -0.4 is 9.47 Å². The summed E-state index contributed by atoms with van der Waals surface area (Å²) in [5.74, 6) is 2.08. The van der Waals surface area contributed by atoms with Crippen molar-refractivity contribution in [2.75, 3.05) is 14.2 Å². The molecular formula is C22H19N3O2. The summed E-state index contributed by atoms with van der Waals surface area (Å²) in [4.78, 5) is 14.0. The second-order valence-electron chi connectivity index (χ2n) is 6.18. The molecular weight excluding hydrogens is 338 g/mol. The van der Waals surface area contributed by atoms with Gasteiger partial charge in [0.1, 0.15) is 17.2 Å². The predicted octanol–water partition coefficient (Wildman–Crippen LogP) is 4.68. The van der Waals surface area contributed by atoms with Crippen molar-refractivity contribution in [1.29, 1.82) is 0 Å². The van der Waals surface area contributed by atoms with Gasteiger partial charge in [0.05, 0.1) is 25.4 Å². The minimum atomic E-state index is 0.594. The molecule has 0 fully saturated rings. The quantitative estimate of drug-likeness (QED) is 0.530. The SMILES string of the molecule is COc1ccc(OC)c(-c2nc(-c3ncc4ccccc4n3)ccc2C)c1. The van der Waals surface area contributed by atoms with Crippen molar-refractivity contribution in [2.24, 2.45) is 0 Å². The van der Waals surface area contributed by atoms with Crippen LogP contribution in [0.4, 0.5) is 0 Å². The van der Waals surface area contributed by atoms with E-state index < -0.39 is 0 Å². The second-order valence-corrected chi connectivity index (χ2v) is 6.18. The molecule has 0 bridgehead atoms. The molecule has 2 aromatic carbocycles. The average Bonchev–Trinajstić information content (AvgIpc) is 2.73. The van der Waals surface area contributed by atoms with Crippen LogP contribution in [-0.2, 0) is 0 Å². The Morgan fingerprint density at radius 3 is 2.52 bits per heavy atom. The van der Waals surface area contributed by atoms with E-state index in [1.165, 1.54) is 0 Å². The van der Waals surface area contributed by atoms with Crippen LogP contribution in [0, 0.1) is 6.92 Å². The fraction of sp³-hybridized carbons (Fsp3) is 0.136. The first-order valence-electron chi connectivity index (χ1n) is 8.62. The van der Waals surface area contributed by atoms with Crippen LogP contribution >= 0.6 is 0 Å². The van der Waals surface area contributed by atoms with E-state index >= 15 is 0 Å². The molecule has 134 valence electrons. The van der Waals surface area contributed by atoms with Gasteiger partial charge in [-0.15, -0.1) is 0 Å². The van der Waals surface area contributed by atoms with Crippen molar-refractivity contribution < 1.29 is 9.47 Å². The number of para-hydroxylation sites is 1. The molecule has 0 radical (unpaired) electrons. The van der Waals surface area contributed by atoms with Crippen LogP contribution in [0.25, 0.3) is 33.7 Å². The first-order chi connectivity index (χ1) is 13.2. The first kappa shape index (κ1) is 17.0. The van der Waals surface area contributed by atoms with Gasteiger partial charge in [0.25, 0.3) is 0 Å². The van der Waals surface area contributed by atoms with E-state index in [2.05, 4.69) is 9.97 Å². The van der Waals surface area contributed by atoms with E-state index in [4.69, 9.17) is 14.5 Å². The number of aryl methyl sites for hydroxylation is 1. The van der Waals surface area contributed by atoms with Crippen LogP contribution in [0.2, 0.25) is 0 Å². The summed E-state index contributed by atoms with van der Waals surface area (Å²) in [5, 5.41) is 1.00. The molecule has 0 aliphatic rings. The third-order valence-electron chi connectivity index (χ3n) is 4.48. The summed E-state index contributed by atoms with van der Waals surface area (Å²) in [6.45, 7) is 2.02. The zero-order valence-electron chi connectivity index (χ0n) is 15.4. The highest BCUT2D eigenvalue weighted by atomic mass is 16.5. The number of nitrogens with zero attached hydrogens (tertiary/aromatic N) is 3. The molecule has 4 rings (SSSR count). The van der Waals surface area contributed by atoms with E-state index in [-0.39, 0.29) is 0 Å². The number of ether oxygens (including phenoxy) is 2. The lowest BCUT2D eigenvalue weighted by Gasteiger charge is -2.13. The number of pyridine rings is 1. The molecule has 0 aliphatic heterocycles. The molecule has 0 atom stereocenters. The number of hydrogen-bond donors (Lipinski definition) is 0. The van der Waals surface area contributed by atoms with Crippen LogP contribution in [0.3, 0.4) is 0 Å². The van der Waals surface area contributed by atoms with Gasteiger partial charge in [-0.3, -0.25) is 0 Å². The summed E-state index contributed by atoms with van der Waals surface area (Å²) < 4.78 is 10.9. The van der Waals surface area contributed by atoms with Gasteiger partial charge in [0, 0.05) is 17.1 Å². The third-order valence-corrected chi connectivity index (χ3v) is 4.48. The van der Waals surface area contributed by atoms with Gasteiger partial charge < -0.3 is 9.47 Å². The molecule has 4 aromatic rings. The minimum absolute atomic E-state index is 0.594. The van der Waals surface area contributed by atoms with Crippen molar-refractivity contribution in [3.05, 3.63) is 66.4 Å². The summed E-state index contributed by atoms with van der Waals surface area (Å²) in [5.41, 5.74) is 4.33. The molecule has 0 spiro atoms. The Kier molecular flexibility index (Phi) is 4.42. The molecule has 27 heavy (non-hydrogen) atoms. The molecule has 0 saturated heterocycles. The van der Waals surface area contributed by atoms with Crippen molar-refractivity contribution in [2.45, 2.75) is 6.92 Å². The average molecular weight is 357 g/mol. The van der Waals surface area contributed by atoms with Crippen molar-refractivity contribution in [3.63, 3.8) is 0 Å². The van der Waals surface area contributed by atoms with Gasteiger partial charge >= 0.3 is 0 Å². The van der Waals surface area contributed by atoms with Gasteiger partial charge in [0.2, 0.25) is 0 Å². The number of methoxy groups -OCH3 is 2. The fourth-order valence-electron chi connectivity index (χ4n) is 3.02.